The summed E-state index contributed by atoms with van der Waals surface area (Å²) in [5.41, 5.74) is 3.09. The lowest BCUT2D eigenvalue weighted by atomic mass is 10.1. The fraction of sp³-hybridized carbons (Fsp3) is 0.294. The van der Waals surface area contributed by atoms with Crippen molar-refractivity contribution in [2.75, 3.05) is 0 Å². The third-order valence-corrected chi connectivity index (χ3v) is 4.58. The molecule has 3 rings (SSSR count). The van der Waals surface area contributed by atoms with Gasteiger partial charge in [0, 0.05) is 12.6 Å². The number of hydrogen-bond donors (Lipinski definition) is 2. The van der Waals surface area contributed by atoms with Crippen molar-refractivity contribution < 1.29 is 9.90 Å². The summed E-state index contributed by atoms with van der Waals surface area (Å²) < 4.78 is 2.16. The zero-order chi connectivity index (χ0) is 16.2. The topological polar surface area (TPSA) is 67.2 Å². The van der Waals surface area contributed by atoms with Crippen molar-refractivity contribution in [1.82, 2.24) is 14.9 Å². The lowest BCUT2D eigenvalue weighted by Crippen LogP contribution is -2.24. The minimum atomic E-state index is -0.808. The summed E-state index contributed by atoms with van der Waals surface area (Å²) in [6.07, 6.45) is 0.0586. The second-order valence-electron chi connectivity index (χ2n) is 5.35. The third-order valence-electron chi connectivity index (χ3n) is 3.88. The molecule has 0 spiro atoms. The average Bonchev–Trinajstić information content (AvgIpc) is 3.18. The Balaban J connectivity index is 1.82. The van der Waals surface area contributed by atoms with E-state index >= 15 is 0 Å². The van der Waals surface area contributed by atoms with Gasteiger partial charge in [-0.25, -0.2) is 4.98 Å². The molecule has 2 aromatic heterocycles. The first-order valence-corrected chi connectivity index (χ1v) is 8.54. The highest BCUT2D eigenvalue weighted by Crippen LogP contribution is 2.21. The van der Waals surface area contributed by atoms with Crippen LogP contribution in [0.2, 0.25) is 0 Å². The van der Waals surface area contributed by atoms with Crippen LogP contribution < -0.4 is 5.32 Å². The van der Waals surface area contributed by atoms with Gasteiger partial charge in [-0.1, -0.05) is 12.1 Å². The minimum absolute atomic E-state index is 0.0586. The van der Waals surface area contributed by atoms with Gasteiger partial charge in [0.15, 0.2) is 0 Å². The lowest BCUT2D eigenvalue weighted by molar-refractivity contribution is -0.137. The highest BCUT2D eigenvalue weighted by Gasteiger charge is 2.17. The number of carboxylic acid groups (broad SMARTS) is 1. The maximum absolute atomic E-state index is 11.1. The smallest absolute Gasteiger partial charge is 0.305 e. The van der Waals surface area contributed by atoms with E-state index in [-0.39, 0.29) is 12.5 Å². The van der Waals surface area contributed by atoms with Crippen LogP contribution in [0.3, 0.4) is 0 Å². The molecule has 0 aliphatic heterocycles. The van der Waals surface area contributed by atoms with Crippen LogP contribution in [0.5, 0.6) is 0 Å². The summed E-state index contributed by atoms with van der Waals surface area (Å²) in [7, 11) is 0. The minimum Gasteiger partial charge on any atom is -0.481 e. The molecule has 0 radical (unpaired) electrons. The molecule has 0 unspecified atom stereocenters. The molecule has 2 heterocycles. The first kappa shape index (κ1) is 15.7. The Morgan fingerprint density at radius 2 is 2.22 bits per heavy atom. The molecule has 0 saturated heterocycles. The van der Waals surface area contributed by atoms with E-state index in [4.69, 9.17) is 5.11 Å². The predicted octanol–water partition coefficient (Wildman–Crippen LogP) is 3.42. The Morgan fingerprint density at radius 3 is 2.91 bits per heavy atom. The fourth-order valence-electron chi connectivity index (χ4n) is 2.78. The van der Waals surface area contributed by atoms with E-state index < -0.39 is 5.97 Å². The SMILES string of the molecule is CCn1c(CN[C@@H](CC(=O)O)c2ccsc2)nc2ccccc21. The van der Waals surface area contributed by atoms with Crippen molar-refractivity contribution in [2.45, 2.75) is 32.5 Å². The first-order chi connectivity index (χ1) is 11.2. The maximum atomic E-state index is 11.1. The number of fused-ring (bicyclic) bond motifs is 1. The predicted molar refractivity (Wildman–Crippen MR) is 91.6 cm³/mol. The molecular weight excluding hydrogens is 310 g/mol. The molecule has 2 N–H and O–H groups in total. The third kappa shape index (κ3) is 3.43. The highest BCUT2D eigenvalue weighted by molar-refractivity contribution is 7.07. The summed E-state index contributed by atoms with van der Waals surface area (Å²) in [6.45, 7) is 3.46. The number of aromatic nitrogens is 2. The van der Waals surface area contributed by atoms with Crippen molar-refractivity contribution in [3.8, 4) is 0 Å². The normalized spacial score (nSPS) is 12.6. The van der Waals surface area contributed by atoms with Gasteiger partial charge in [-0.15, -0.1) is 0 Å². The molecule has 0 saturated carbocycles. The zero-order valence-electron chi connectivity index (χ0n) is 12.9. The quantitative estimate of drug-likeness (QED) is 0.697. The van der Waals surface area contributed by atoms with Gasteiger partial charge in [0.05, 0.1) is 24.0 Å². The van der Waals surface area contributed by atoms with Crippen molar-refractivity contribution in [3.63, 3.8) is 0 Å². The molecule has 1 atom stereocenters. The second kappa shape index (κ2) is 6.93. The number of carbonyl (C=O) groups is 1. The summed E-state index contributed by atoms with van der Waals surface area (Å²) in [5, 5.41) is 16.4. The molecule has 0 bridgehead atoms. The van der Waals surface area contributed by atoms with E-state index in [0.29, 0.717) is 6.54 Å². The maximum Gasteiger partial charge on any atom is 0.305 e. The van der Waals surface area contributed by atoms with Gasteiger partial charge in [0.2, 0.25) is 0 Å². The molecule has 120 valence electrons. The Morgan fingerprint density at radius 1 is 1.39 bits per heavy atom. The Bertz CT molecular complexity index is 795. The zero-order valence-corrected chi connectivity index (χ0v) is 13.7. The molecule has 0 aliphatic carbocycles. The summed E-state index contributed by atoms with van der Waals surface area (Å²) >= 11 is 1.57. The van der Waals surface area contributed by atoms with E-state index in [1.807, 2.05) is 35.0 Å². The number of para-hydroxylation sites is 2. The number of aliphatic carboxylic acids is 1. The van der Waals surface area contributed by atoms with Crippen molar-refractivity contribution in [1.29, 1.82) is 0 Å². The Kier molecular flexibility index (Phi) is 4.73. The van der Waals surface area contributed by atoms with Gasteiger partial charge in [0.25, 0.3) is 0 Å². The lowest BCUT2D eigenvalue weighted by Gasteiger charge is -2.16. The van der Waals surface area contributed by atoms with Crippen molar-refractivity contribution in [2.24, 2.45) is 0 Å². The van der Waals surface area contributed by atoms with Crippen molar-refractivity contribution in [3.05, 3.63) is 52.5 Å². The van der Waals surface area contributed by atoms with Gasteiger partial charge in [0.1, 0.15) is 5.82 Å². The Hall–Kier alpha value is -2.18. The summed E-state index contributed by atoms with van der Waals surface area (Å²) in [4.78, 5) is 15.8. The fourth-order valence-corrected chi connectivity index (χ4v) is 3.50. The van der Waals surface area contributed by atoms with Crippen LogP contribution >= 0.6 is 11.3 Å². The van der Waals surface area contributed by atoms with Gasteiger partial charge in [-0.2, -0.15) is 11.3 Å². The number of aryl methyl sites for hydroxylation is 1. The highest BCUT2D eigenvalue weighted by atomic mass is 32.1. The number of hydrogen-bond acceptors (Lipinski definition) is 4. The van der Waals surface area contributed by atoms with Crippen LogP contribution in [0, 0.1) is 0 Å². The molecule has 0 amide bonds. The number of rotatable bonds is 7. The summed E-state index contributed by atoms with van der Waals surface area (Å²) in [5.74, 6) is 0.122. The molecule has 1 aromatic carbocycles. The number of nitrogens with zero attached hydrogens (tertiary/aromatic N) is 2. The van der Waals surface area contributed by atoms with E-state index in [9.17, 15) is 4.79 Å². The van der Waals surface area contributed by atoms with E-state index in [1.165, 1.54) is 0 Å². The second-order valence-corrected chi connectivity index (χ2v) is 6.13. The summed E-state index contributed by atoms with van der Waals surface area (Å²) in [6, 6.07) is 9.80. The molecule has 23 heavy (non-hydrogen) atoms. The monoisotopic (exact) mass is 329 g/mol. The van der Waals surface area contributed by atoms with Gasteiger partial charge in [-0.3, -0.25) is 4.79 Å². The van der Waals surface area contributed by atoms with Crippen LogP contribution in [-0.4, -0.2) is 20.6 Å². The van der Waals surface area contributed by atoms with Gasteiger partial charge < -0.3 is 15.0 Å². The van der Waals surface area contributed by atoms with Crippen LogP contribution in [0.15, 0.2) is 41.1 Å². The van der Waals surface area contributed by atoms with Crippen molar-refractivity contribution >= 4 is 28.3 Å². The van der Waals surface area contributed by atoms with Crippen LogP contribution in [0.25, 0.3) is 11.0 Å². The molecule has 0 aliphatic rings. The standard InChI is InChI=1S/C17H19N3O2S/c1-2-20-15-6-4-3-5-13(15)19-16(20)10-18-14(9-17(21)22)12-7-8-23-11-12/h3-8,11,14,18H,2,9-10H2,1H3,(H,21,22)/t14-/m0/s1. The molecule has 6 heteroatoms. The molecule has 5 nitrogen and oxygen atoms in total. The Labute approximate surface area is 138 Å². The molecular formula is C17H19N3O2S. The van der Waals surface area contributed by atoms with Gasteiger partial charge >= 0.3 is 5.97 Å². The van der Waals surface area contributed by atoms with E-state index in [0.717, 1.165) is 29.0 Å². The number of benzene rings is 1. The van der Waals surface area contributed by atoms with Crippen LogP contribution in [0.4, 0.5) is 0 Å². The largest absolute Gasteiger partial charge is 0.481 e. The molecule has 0 fully saturated rings. The van der Waals surface area contributed by atoms with Crippen LogP contribution in [0.1, 0.15) is 30.8 Å². The number of carboxylic acids is 1. The molecule has 3 aromatic rings. The van der Waals surface area contributed by atoms with E-state index in [2.05, 4.69) is 27.9 Å². The number of imidazole rings is 1. The van der Waals surface area contributed by atoms with Crippen LogP contribution in [-0.2, 0) is 17.9 Å². The van der Waals surface area contributed by atoms with E-state index in [1.54, 1.807) is 11.3 Å². The number of nitrogens with one attached hydrogen (secondary N) is 1. The van der Waals surface area contributed by atoms with Gasteiger partial charge in [-0.05, 0) is 41.4 Å². The first-order valence-electron chi connectivity index (χ1n) is 7.60. The average molecular weight is 329 g/mol. The number of thiophene rings is 1.